The lowest BCUT2D eigenvalue weighted by molar-refractivity contribution is -0.385. The highest BCUT2D eigenvalue weighted by atomic mass is 32.1. The van der Waals surface area contributed by atoms with Crippen molar-refractivity contribution in [2.45, 2.75) is 19.8 Å². The van der Waals surface area contributed by atoms with Crippen molar-refractivity contribution in [2.24, 2.45) is 0 Å². The van der Waals surface area contributed by atoms with E-state index in [0.29, 0.717) is 10.7 Å². The summed E-state index contributed by atoms with van der Waals surface area (Å²) in [6, 6.07) is 6.17. The van der Waals surface area contributed by atoms with Crippen LogP contribution in [0.1, 0.15) is 32.5 Å². The number of nitriles is 1. The lowest BCUT2D eigenvalue weighted by Gasteiger charge is -2.07. The summed E-state index contributed by atoms with van der Waals surface area (Å²) in [4.78, 5) is 27.1. The van der Waals surface area contributed by atoms with E-state index in [1.54, 1.807) is 25.3 Å². The SMILES string of the molecule is Cc1ccc([N+](=O)[O-])c(C(=O)[C@@H](C#N)c2nc(C)cs2)c1. The first-order valence-electron chi connectivity index (χ1n) is 6.05. The van der Waals surface area contributed by atoms with Crippen LogP contribution in [0, 0.1) is 35.3 Å². The zero-order chi connectivity index (χ0) is 15.6. The summed E-state index contributed by atoms with van der Waals surface area (Å²) < 4.78 is 0. The second-order valence-electron chi connectivity index (χ2n) is 4.53. The molecule has 1 heterocycles. The first-order chi connectivity index (χ1) is 9.93. The van der Waals surface area contributed by atoms with Gasteiger partial charge in [-0.1, -0.05) is 6.07 Å². The van der Waals surface area contributed by atoms with Gasteiger partial charge < -0.3 is 0 Å². The largest absolute Gasteiger partial charge is 0.292 e. The minimum atomic E-state index is -1.12. The van der Waals surface area contributed by atoms with E-state index in [9.17, 15) is 20.2 Å². The second-order valence-corrected chi connectivity index (χ2v) is 5.42. The van der Waals surface area contributed by atoms with Crippen molar-refractivity contribution in [3.05, 3.63) is 55.5 Å². The van der Waals surface area contributed by atoms with Crippen LogP contribution in [-0.4, -0.2) is 15.7 Å². The summed E-state index contributed by atoms with van der Waals surface area (Å²) in [6.07, 6.45) is 0. The number of aryl methyl sites for hydroxylation is 2. The van der Waals surface area contributed by atoms with E-state index in [2.05, 4.69) is 4.98 Å². The first kappa shape index (κ1) is 14.8. The van der Waals surface area contributed by atoms with Gasteiger partial charge in [0.05, 0.1) is 16.6 Å². The molecule has 7 heteroatoms. The number of hydrogen-bond acceptors (Lipinski definition) is 6. The number of benzene rings is 1. The number of hydrogen-bond donors (Lipinski definition) is 0. The van der Waals surface area contributed by atoms with E-state index in [4.69, 9.17) is 0 Å². The predicted molar refractivity (Wildman–Crippen MR) is 77.4 cm³/mol. The third-order valence-electron chi connectivity index (χ3n) is 2.89. The van der Waals surface area contributed by atoms with Crippen molar-refractivity contribution in [3.8, 4) is 6.07 Å². The Morgan fingerprint density at radius 1 is 1.48 bits per heavy atom. The molecule has 0 bridgehead atoms. The standard InChI is InChI=1S/C14H11N3O3S/c1-8-3-4-12(17(19)20)10(5-8)13(18)11(6-15)14-16-9(2)7-21-14/h3-5,7,11H,1-2H3/t11-/m1/s1. The fourth-order valence-electron chi connectivity index (χ4n) is 1.89. The van der Waals surface area contributed by atoms with Crippen molar-refractivity contribution >= 4 is 22.8 Å². The third kappa shape index (κ3) is 2.95. The number of nitro benzene ring substituents is 1. The van der Waals surface area contributed by atoms with E-state index in [1.807, 2.05) is 6.07 Å². The zero-order valence-corrected chi connectivity index (χ0v) is 12.2. The molecule has 1 aromatic carbocycles. The van der Waals surface area contributed by atoms with Gasteiger partial charge in [0.2, 0.25) is 0 Å². The molecular formula is C14H11N3O3S. The molecule has 6 nitrogen and oxygen atoms in total. The number of aromatic nitrogens is 1. The number of rotatable bonds is 4. The molecule has 0 aliphatic carbocycles. The first-order valence-corrected chi connectivity index (χ1v) is 6.93. The molecule has 1 atom stereocenters. The number of carbonyl (C=O) groups excluding carboxylic acids is 1. The van der Waals surface area contributed by atoms with Gasteiger partial charge in [-0.3, -0.25) is 14.9 Å². The smallest absolute Gasteiger partial charge is 0.280 e. The van der Waals surface area contributed by atoms with Gasteiger partial charge in [0.15, 0.2) is 11.7 Å². The predicted octanol–water partition coefficient (Wildman–Crippen LogP) is 3.16. The Balaban J connectivity index is 2.50. The number of nitrogens with zero attached hydrogens (tertiary/aromatic N) is 3. The highest BCUT2D eigenvalue weighted by molar-refractivity contribution is 7.10. The molecule has 0 amide bonds. The maximum absolute atomic E-state index is 12.5. The lowest BCUT2D eigenvalue weighted by Crippen LogP contribution is -2.13. The Bertz CT molecular complexity index is 761. The molecular weight excluding hydrogens is 290 g/mol. The third-order valence-corrected chi connectivity index (χ3v) is 3.92. The Morgan fingerprint density at radius 3 is 2.71 bits per heavy atom. The Labute approximate surface area is 124 Å². The number of thiazole rings is 1. The van der Waals surface area contributed by atoms with Crippen molar-refractivity contribution < 1.29 is 9.72 Å². The van der Waals surface area contributed by atoms with Crippen LogP contribution in [0.25, 0.3) is 0 Å². The van der Waals surface area contributed by atoms with E-state index < -0.39 is 16.6 Å². The maximum atomic E-state index is 12.5. The highest BCUT2D eigenvalue weighted by Crippen LogP contribution is 2.28. The minimum absolute atomic E-state index is 0.0561. The van der Waals surface area contributed by atoms with Crippen molar-refractivity contribution in [1.82, 2.24) is 4.98 Å². The molecule has 0 spiro atoms. The van der Waals surface area contributed by atoms with Gasteiger partial charge in [0.1, 0.15) is 5.01 Å². The van der Waals surface area contributed by atoms with E-state index in [1.165, 1.54) is 23.5 Å². The Hall–Kier alpha value is -2.59. The topological polar surface area (TPSA) is 96.9 Å². The van der Waals surface area contributed by atoms with Crippen molar-refractivity contribution in [2.75, 3.05) is 0 Å². The van der Waals surface area contributed by atoms with E-state index in [-0.39, 0.29) is 11.3 Å². The summed E-state index contributed by atoms with van der Waals surface area (Å²) in [7, 11) is 0. The number of Topliss-reactive ketones (excluding diaryl/α,β-unsaturated/α-hetero) is 1. The fraction of sp³-hybridized carbons (Fsp3) is 0.214. The molecule has 21 heavy (non-hydrogen) atoms. The van der Waals surface area contributed by atoms with Gasteiger partial charge in [-0.15, -0.1) is 11.3 Å². The summed E-state index contributed by atoms with van der Waals surface area (Å²) >= 11 is 1.20. The summed E-state index contributed by atoms with van der Waals surface area (Å²) in [5.74, 6) is -1.72. The summed E-state index contributed by atoms with van der Waals surface area (Å²) in [5.41, 5.74) is 1.08. The van der Waals surface area contributed by atoms with Crippen molar-refractivity contribution in [3.63, 3.8) is 0 Å². The average molecular weight is 301 g/mol. The zero-order valence-electron chi connectivity index (χ0n) is 11.4. The van der Waals surface area contributed by atoms with Gasteiger partial charge >= 0.3 is 0 Å². The molecule has 0 aliphatic heterocycles. The lowest BCUT2D eigenvalue weighted by atomic mass is 9.96. The minimum Gasteiger partial charge on any atom is -0.292 e. The molecule has 2 rings (SSSR count). The van der Waals surface area contributed by atoms with E-state index in [0.717, 1.165) is 5.56 Å². The number of carbonyl (C=O) groups is 1. The van der Waals surface area contributed by atoms with Crippen LogP contribution in [0.5, 0.6) is 0 Å². The molecule has 106 valence electrons. The maximum Gasteiger partial charge on any atom is 0.280 e. The summed E-state index contributed by atoms with van der Waals surface area (Å²) in [6.45, 7) is 3.49. The van der Waals surface area contributed by atoms with Gasteiger partial charge in [0.25, 0.3) is 5.69 Å². The molecule has 0 saturated heterocycles. The van der Waals surface area contributed by atoms with Crippen LogP contribution >= 0.6 is 11.3 Å². The van der Waals surface area contributed by atoms with Crippen LogP contribution in [0.3, 0.4) is 0 Å². The number of ketones is 1. The van der Waals surface area contributed by atoms with Gasteiger partial charge in [-0.2, -0.15) is 5.26 Å². The van der Waals surface area contributed by atoms with Crippen LogP contribution in [0.4, 0.5) is 5.69 Å². The Morgan fingerprint density at radius 2 is 2.19 bits per heavy atom. The fourth-order valence-corrected chi connectivity index (χ4v) is 2.73. The van der Waals surface area contributed by atoms with Gasteiger partial charge in [0, 0.05) is 17.1 Å². The quantitative estimate of drug-likeness (QED) is 0.491. The second kappa shape index (κ2) is 5.81. The monoisotopic (exact) mass is 301 g/mol. The molecule has 0 saturated carbocycles. The van der Waals surface area contributed by atoms with Crippen LogP contribution in [0.2, 0.25) is 0 Å². The molecule has 1 aromatic heterocycles. The van der Waals surface area contributed by atoms with Gasteiger partial charge in [-0.05, 0) is 25.5 Å². The average Bonchev–Trinajstić information content (AvgIpc) is 2.85. The van der Waals surface area contributed by atoms with Crippen molar-refractivity contribution in [1.29, 1.82) is 5.26 Å². The van der Waals surface area contributed by atoms with E-state index >= 15 is 0 Å². The van der Waals surface area contributed by atoms with Crippen LogP contribution < -0.4 is 0 Å². The van der Waals surface area contributed by atoms with Crippen LogP contribution in [0.15, 0.2) is 23.6 Å². The number of nitro groups is 1. The summed E-state index contributed by atoms with van der Waals surface area (Å²) in [5, 5.41) is 22.4. The van der Waals surface area contributed by atoms with Gasteiger partial charge in [-0.25, -0.2) is 4.98 Å². The molecule has 0 aliphatic rings. The highest BCUT2D eigenvalue weighted by Gasteiger charge is 2.30. The molecule has 0 fully saturated rings. The molecule has 2 aromatic rings. The Kier molecular flexibility index (Phi) is 4.10. The van der Waals surface area contributed by atoms with Crippen LogP contribution in [-0.2, 0) is 0 Å². The molecule has 0 radical (unpaired) electrons. The molecule has 0 N–H and O–H groups in total. The normalized spacial score (nSPS) is 11.7. The molecule has 0 unspecified atom stereocenters.